The van der Waals surface area contributed by atoms with Gasteiger partial charge in [-0.1, -0.05) is 6.92 Å². The normalized spacial score (nSPS) is 12.8. The highest BCUT2D eigenvalue weighted by Crippen LogP contribution is 2.21. The number of carboxylic acid groups (broad SMARTS) is 1. The number of aromatic nitrogens is 1. The van der Waals surface area contributed by atoms with Crippen LogP contribution >= 0.6 is 11.3 Å². The molecule has 0 saturated heterocycles. The Kier molecular flexibility index (Phi) is 2.81. The molecule has 4 heteroatoms. The molecular weight excluding hydrogens is 174 g/mol. The van der Waals surface area contributed by atoms with Gasteiger partial charge in [-0.25, -0.2) is 4.98 Å². The highest BCUT2D eigenvalue weighted by molar-refractivity contribution is 7.09. The Bertz CT molecular complexity index is 282. The summed E-state index contributed by atoms with van der Waals surface area (Å²) in [5.41, 5.74) is 0.688. The second-order valence-corrected chi connectivity index (χ2v) is 3.65. The number of nitrogens with zero attached hydrogens (tertiary/aromatic N) is 1. The Morgan fingerprint density at radius 1 is 1.83 bits per heavy atom. The number of rotatable bonds is 3. The molecule has 0 aliphatic rings. The summed E-state index contributed by atoms with van der Waals surface area (Å²) in [5.74, 6) is -1.22. The van der Waals surface area contributed by atoms with Crippen molar-refractivity contribution in [2.45, 2.75) is 26.2 Å². The van der Waals surface area contributed by atoms with Crippen molar-refractivity contribution in [1.82, 2.24) is 4.98 Å². The maximum absolute atomic E-state index is 10.7. The quantitative estimate of drug-likeness (QED) is 0.783. The summed E-state index contributed by atoms with van der Waals surface area (Å²) >= 11 is 1.49. The average molecular weight is 185 g/mol. The van der Waals surface area contributed by atoms with E-state index < -0.39 is 11.9 Å². The summed E-state index contributed by atoms with van der Waals surface area (Å²) < 4.78 is 0. The fourth-order valence-corrected chi connectivity index (χ4v) is 1.72. The van der Waals surface area contributed by atoms with Crippen molar-refractivity contribution in [2.75, 3.05) is 0 Å². The van der Waals surface area contributed by atoms with Crippen LogP contribution in [0, 0.1) is 6.92 Å². The lowest BCUT2D eigenvalue weighted by Crippen LogP contribution is -2.10. The summed E-state index contributed by atoms with van der Waals surface area (Å²) in [5, 5.41) is 11.5. The van der Waals surface area contributed by atoms with Crippen LogP contribution in [-0.2, 0) is 4.79 Å². The Morgan fingerprint density at radius 2 is 2.50 bits per heavy atom. The van der Waals surface area contributed by atoms with Gasteiger partial charge in [-0.3, -0.25) is 4.79 Å². The first kappa shape index (κ1) is 9.19. The topological polar surface area (TPSA) is 50.2 Å². The molecule has 0 radical (unpaired) electrons. The van der Waals surface area contributed by atoms with Gasteiger partial charge in [-0.2, -0.15) is 0 Å². The van der Waals surface area contributed by atoms with Crippen molar-refractivity contribution in [3.05, 3.63) is 16.1 Å². The van der Waals surface area contributed by atoms with Gasteiger partial charge in [-0.05, 0) is 13.3 Å². The third kappa shape index (κ3) is 1.82. The van der Waals surface area contributed by atoms with E-state index in [9.17, 15) is 4.79 Å². The minimum Gasteiger partial charge on any atom is -0.481 e. The molecule has 1 aromatic rings. The van der Waals surface area contributed by atoms with E-state index in [1.165, 1.54) is 11.3 Å². The fraction of sp³-hybridized carbons (Fsp3) is 0.500. The van der Waals surface area contributed by atoms with Crippen LogP contribution in [0.25, 0.3) is 0 Å². The molecule has 0 unspecified atom stereocenters. The van der Waals surface area contributed by atoms with Crippen LogP contribution in [0.1, 0.15) is 30.0 Å². The molecule has 66 valence electrons. The average Bonchev–Trinajstić information content (AvgIpc) is 2.37. The Labute approximate surface area is 75.1 Å². The van der Waals surface area contributed by atoms with E-state index in [0.717, 1.165) is 5.01 Å². The van der Waals surface area contributed by atoms with Crippen LogP contribution in [0.4, 0.5) is 0 Å². The number of carboxylic acids is 1. The summed E-state index contributed by atoms with van der Waals surface area (Å²) in [6, 6.07) is 0. The predicted molar refractivity (Wildman–Crippen MR) is 47.5 cm³/mol. The summed E-state index contributed by atoms with van der Waals surface area (Å²) in [6.45, 7) is 3.73. The molecule has 3 nitrogen and oxygen atoms in total. The van der Waals surface area contributed by atoms with E-state index >= 15 is 0 Å². The van der Waals surface area contributed by atoms with E-state index in [4.69, 9.17) is 5.11 Å². The smallest absolute Gasteiger partial charge is 0.312 e. The molecule has 0 aliphatic carbocycles. The zero-order valence-electron chi connectivity index (χ0n) is 7.07. The Morgan fingerprint density at radius 3 is 2.83 bits per heavy atom. The van der Waals surface area contributed by atoms with Crippen LogP contribution in [0.2, 0.25) is 0 Å². The Hall–Kier alpha value is -0.900. The maximum Gasteiger partial charge on any atom is 0.312 e. The van der Waals surface area contributed by atoms with Crippen molar-refractivity contribution in [3.8, 4) is 0 Å². The number of thiazole rings is 1. The number of aryl methyl sites for hydroxylation is 1. The fourth-order valence-electron chi connectivity index (χ4n) is 1.05. The number of hydrogen-bond acceptors (Lipinski definition) is 3. The predicted octanol–water partition coefficient (Wildman–Crippen LogP) is 2.03. The van der Waals surface area contributed by atoms with Gasteiger partial charge in [0.1, 0.15) is 0 Å². The molecule has 1 N–H and O–H groups in total. The molecule has 0 aromatic carbocycles. The molecule has 0 amide bonds. The van der Waals surface area contributed by atoms with Gasteiger partial charge in [0.05, 0.1) is 16.6 Å². The van der Waals surface area contributed by atoms with Crippen molar-refractivity contribution < 1.29 is 9.90 Å². The van der Waals surface area contributed by atoms with E-state index in [-0.39, 0.29) is 0 Å². The van der Waals surface area contributed by atoms with Crippen LogP contribution < -0.4 is 0 Å². The molecule has 0 bridgehead atoms. The van der Waals surface area contributed by atoms with E-state index in [2.05, 4.69) is 4.98 Å². The minimum atomic E-state index is -0.789. The van der Waals surface area contributed by atoms with Gasteiger partial charge in [0.15, 0.2) is 0 Å². The van der Waals surface area contributed by atoms with Gasteiger partial charge < -0.3 is 5.11 Å². The van der Waals surface area contributed by atoms with Crippen LogP contribution in [0.5, 0.6) is 0 Å². The summed E-state index contributed by atoms with van der Waals surface area (Å²) in [6.07, 6.45) is 0.596. The van der Waals surface area contributed by atoms with E-state index in [0.29, 0.717) is 12.1 Å². The first-order valence-electron chi connectivity index (χ1n) is 3.80. The molecule has 1 heterocycles. The maximum atomic E-state index is 10.7. The minimum absolute atomic E-state index is 0.435. The molecule has 0 spiro atoms. The third-order valence-corrected chi connectivity index (χ3v) is 2.49. The van der Waals surface area contributed by atoms with Crippen molar-refractivity contribution in [3.63, 3.8) is 0 Å². The molecule has 1 atom stereocenters. The highest BCUT2D eigenvalue weighted by Gasteiger charge is 2.19. The zero-order valence-corrected chi connectivity index (χ0v) is 7.89. The lowest BCUT2D eigenvalue weighted by atomic mass is 10.0. The zero-order chi connectivity index (χ0) is 9.14. The summed E-state index contributed by atoms with van der Waals surface area (Å²) in [4.78, 5) is 14.8. The standard InChI is InChI=1S/C8H11NO2S/c1-3-6(8(10)11)7-4-12-5(2)9-7/h4,6H,3H2,1-2H3,(H,10,11)/t6-/m0/s1. The number of hydrogen-bond donors (Lipinski definition) is 1. The van der Waals surface area contributed by atoms with Crippen molar-refractivity contribution >= 4 is 17.3 Å². The van der Waals surface area contributed by atoms with Crippen molar-refractivity contribution in [1.29, 1.82) is 0 Å². The molecule has 1 rings (SSSR count). The summed E-state index contributed by atoms with van der Waals surface area (Å²) in [7, 11) is 0. The molecule has 0 aliphatic heterocycles. The van der Waals surface area contributed by atoms with Gasteiger partial charge in [0.2, 0.25) is 0 Å². The SMILES string of the molecule is CC[C@H](C(=O)O)c1csc(C)n1. The molecule has 12 heavy (non-hydrogen) atoms. The second-order valence-electron chi connectivity index (χ2n) is 2.59. The van der Waals surface area contributed by atoms with Gasteiger partial charge >= 0.3 is 5.97 Å². The molecule has 1 aromatic heterocycles. The van der Waals surface area contributed by atoms with Crippen LogP contribution in [-0.4, -0.2) is 16.1 Å². The van der Waals surface area contributed by atoms with Gasteiger partial charge in [-0.15, -0.1) is 11.3 Å². The Balaban J connectivity index is 2.87. The lowest BCUT2D eigenvalue weighted by Gasteiger charge is -2.04. The molecular formula is C8H11NO2S. The van der Waals surface area contributed by atoms with Crippen molar-refractivity contribution in [2.24, 2.45) is 0 Å². The monoisotopic (exact) mass is 185 g/mol. The second kappa shape index (κ2) is 3.67. The number of aliphatic carboxylic acids is 1. The van der Waals surface area contributed by atoms with Crippen LogP contribution in [0.3, 0.4) is 0 Å². The molecule has 0 saturated carbocycles. The molecule has 0 fully saturated rings. The number of carbonyl (C=O) groups is 1. The first-order chi connectivity index (χ1) is 5.65. The van der Waals surface area contributed by atoms with E-state index in [1.807, 2.05) is 19.2 Å². The largest absolute Gasteiger partial charge is 0.481 e. The highest BCUT2D eigenvalue weighted by atomic mass is 32.1. The van der Waals surface area contributed by atoms with Gasteiger partial charge in [0, 0.05) is 5.38 Å². The third-order valence-electron chi connectivity index (χ3n) is 1.70. The van der Waals surface area contributed by atoms with E-state index in [1.54, 1.807) is 0 Å². The van der Waals surface area contributed by atoms with Gasteiger partial charge in [0.25, 0.3) is 0 Å². The first-order valence-corrected chi connectivity index (χ1v) is 4.68. The lowest BCUT2D eigenvalue weighted by molar-refractivity contribution is -0.138. The van der Waals surface area contributed by atoms with Crippen LogP contribution in [0.15, 0.2) is 5.38 Å².